The molecule has 1 amide bonds. The van der Waals surface area contributed by atoms with E-state index in [0.29, 0.717) is 30.3 Å². The second kappa shape index (κ2) is 6.86. The summed E-state index contributed by atoms with van der Waals surface area (Å²) in [4.78, 5) is 26.2. The van der Waals surface area contributed by atoms with E-state index in [-0.39, 0.29) is 5.91 Å². The Balaban J connectivity index is 1.57. The Morgan fingerprint density at radius 2 is 2.08 bits per heavy atom. The largest absolute Gasteiger partial charge is 0.435 e. The number of aromatic nitrogens is 3. The molecule has 1 N–H and O–H groups in total. The van der Waals surface area contributed by atoms with Crippen LogP contribution in [0.15, 0.2) is 28.7 Å². The Labute approximate surface area is 140 Å². The molecule has 0 aliphatic rings. The maximum atomic E-state index is 12.4. The third kappa shape index (κ3) is 3.32. The van der Waals surface area contributed by atoms with Crippen molar-refractivity contribution in [3.8, 4) is 0 Å². The number of hydrogen-bond donors (Lipinski definition) is 1. The minimum absolute atomic E-state index is 0.121. The number of oxazole rings is 1. The third-order valence-electron chi connectivity index (χ3n) is 4.03. The molecule has 0 aliphatic carbocycles. The SMILES string of the molecule is CCc1nc(C)c(C(=O)N(C)CCCc2nc3ccccc3[nH]2)o1. The number of aryl methyl sites for hydroxylation is 3. The van der Waals surface area contributed by atoms with Gasteiger partial charge in [0.2, 0.25) is 5.76 Å². The molecule has 6 nitrogen and oxygen atoms in total. The van der Waals surface area contributed by atoms with Crippen LogP contribution >= 0.6 is 0 Å². The van der Waals surface area contributed by atoms with Crippen LogP contribution in [0.5, 0.6) is 0 Å². The van der Waals surface area contributed by atoms with Crippen LogP contribution in [0.25, 0.3) is 11.0 Å². The van der Waals surface area contributed by atoms with E-state index in [1.807, 2.05) is 31.2 Å². The summed E-state index contributed by atoms with van der Waals surface area (Å²) in [6.45, 7) is 4.40. The number of fused-ring (bicyclic) bond motifs is 1. The molecule has 0 saturated carbocycles. The van der Waals surface area contributed by atoms with Crippen molar-refractivity contribution in [2.24, 2.45) is 0 Å². The van der Waals surface area contributed by atoms with E-state index in [2.05, 4.69) is 15.0 Å². The van der Waals surface area contributed by atoms with E-state index >= 15 is 0 Å². The lowest BCUT2D eigenvalue weighted by molar-refractivity contribution is 0.0759. The monoisotopic (exact) mass is 326 g/mol. The Morgan fingerprint density at radius 1 is 1.29 bits per heavy atom. The van der Waals surface area contributed by atoms with Gasteiger partial charge < -0.3 is 14.3 Å². The number of H-pyrrole nitrogens is 1. The smallest absolute Gasteiger partial charge is 0.291 e. The molecule has 0 atom stereocenters. The topological polar surface area (TPSA) is 75.0 Å². The number of para-hydroxylation sites is 2. The Morgan fingerprint density at radius 3 is 2.79 bits per heavy atom. The number of nitrogens with one attached hydrogen (secondary N) is 1. The summed E-state index contributed by atoms with van der Waals surface area (Å²) in [5, 5.41) is 0. The van der Waals surface area contributed by atoms with Crippen molar-refractivity contribution in [1.82, 2.24) is 19.9 Å². The lowest BCUT2D eigenvalue weighted by Crippen LogP contribution is -2.28. The summed E-state index contributed by atoms with van der Waals surface area (Å²) in [5.74, 6) is 1.77. The van der Waals surface area contributed by atoms with Crippen LogP contribution in [0, 0.1) is 6.92 Å². The maximum absolute atomic E-state index is 12.4. The highest BCUT2D eigenvalue weighted by Crippen LogP contribution is 2.14. The fourth-order valence-corrected chi connectivity index (χ4v) is 2.68. The van der Waals surface area contributed by atoms with Crippen molar-refractivity contribution >= 4 is 16.9 Å². The fraction of sp³-hybridized carbons (Fsp3) is 0.389. The van der Waals surface area contributed by atoms with Crippen molar-refractivity contribution in [2.75, 3.05) is 13.6 Å². The van der Waals surface area contributed by atoms with E-state index < -0.39 is 0 Å². The zero-order valence-corrected chi connectivity index (χ0v) is 14.3. The normalized spacial score (nSPS) is 11.1. The lowest BCUT2D eigenvalue weighted by Gasteiger charge is -2.15. The number of nitrogens with zero attached hydrogens (tertiary/aromatic N) is 3. The summed E-state index contributed by atoms with van der Waals surface area (Å²) in [5.41, 5.74) is 2.67. The Kier molecular flexibility index (Phi) is 4.64. The van der Waals surface area contributed by atoms with Crippen molar-refractivity contribution in [3.63, 3.8) is 0 Å². The van der Waals surface area contributed by atoms with E-state index in [0.717, 1.165) is 29.7 Å². The summed E-state index contributed by atoms with van der Waals surface area (Å²) in [6, 6.07) is 7.97. The van der Waals surface area contributed by atoms with E-state index in [1.54, 1.807) is 18.9 Å². The fourth-order valence-electron chi connectivity index (χ4n) is 2.68. The van der Waals surface area contributed by atoms with Gasteiger partial charge in [-0.2, -0.15) is 0 Å². The van der Waals surface area contributed by atoms with Crippen molar-refractivity contribution in [1.29, 1.82) is 0 Å². The van der Waals surface area contributed by atoms with Gasteiger partial charge in [-0.25, -0.2) is 9.97 Å². The second-order valence-electron chi connectivity index (χ2n) is 5.91. The number of carbonyl (C=O) groups excluding carboxylic acids is 1. The molecule has 0 aliphatic heterocycles. The molecule has 3 rings (SSSR count). The minimum Gasteiger partial charge on any atom is -0.435 e. The molecule has 2 aromatic heterocycles. The summed E-state index contributed by atoms with van der Waals surface area (Å²) < 4.78 is 5.53. The van der Waals surface area contributed by atoms with Crippen molar-refractivity contribution in [3.05, 3.63) is 47.4 Å². The van der Waals surface area contributed by atoms with Crippen LogP contribution in [0.1, 0.15) is 41.3 Å². The first-order valence-corrected chi connectivity index (χ1v) is 8.24. The van der Waals surface area contributed by atoms with E-state index in [9.17, 15) is 4.79 Å². The van der Waals surface area contributed by atoms with Crippen LogP contribution in [0.2, 0.25) is 0 Å². The number of benzene rings is 1. The highest BCUT2D eigenvalue weighted by atomic mass is 16.4. The van der Waals surface area contributed by atoms with Crippen LogP contribution in [-0.4, -0.2) is 39.4 Å². The van der Waals surface area contributed by atoms with Crippen LogP contribution in [0.4, 0.5) is 0 Å². The van der Waals surface area contributed by atoms with Gasteiger partial charge in [-0.3, -0.25) is 4.79 Å². The number of rotatable bonds is 6. The summed E-state index contributed by atoms with van der Waals surface area (Å²) in [7, 11) is 1.79. The third-order valence-corrected chi connectivity index (χ3v) is 4.03. The molecule has 1 aromatic carbocycles. The summed E-state index contributed by atoms with van der Waals surface area (Å²) >= 11 is 0. The minimum atomic E-state index is -0.121. The molecule has 126 valence electrons. The van der Waals surface area contributed by atoms with Gasteiger partial charge in [-0.15, -0.1) is 0 Å². The quantitative estimate of drug-likeness (QED) is 0.755. The first-order chi connectivity index (χ1) is 11.6. The van der Waals surface area contributed by atoms with Gasteiger partial charge in [0.1, 0.15) is 5.82 Å². The zero-order valence-electron chi connectivity index (χ0n) is 14.3. The van der Waals surface area contributed by atoms with Gasteiger partial charge in [0.15, 0.2) is 5.89 Å². The average Bonchev–Trinajstić information content (AvgIpc) is 3.16. The first-order valence-electron chi connectivity index (χ1n) is 8.24. The predicted molar refractivity (Wildman–Crippen MR) is 92.0 cm³/mol. The zero-order chi connectivity index (χ0) is 17.1. The van der Waals surface area contributed by atoms with Crippen molar-refractivity contribution in [2.45, 2.75) is 33.1 Å². The lowest BCUT2D eigenvalue weighted by atomic mass is 10.2. The number of hydrogen-bond acceptors (Lipinski definition) is 4. The Bertz CT molecular complexity index is 817. The molecule has 3 aromatic rings. The average molecular weight is 326 g/mol. The van der Waals surface area contributed by atoms with Crippen LogP contribution in [0.3, 0.4) is 0 Å². The molecule has 0 saturated heterocycles. The van der Waals surface area contributed by atoms with Gasteiger partial charge in [-0.05, 0) is 25.5 Å². The number of imidazole rings is 1. The van der Waals surface area contributed by atoms with Crippen LogP contribution in [-0.2, 0) is 12.8 Å². The van der Waals surface area contributed by atoms with Crippen molar-refractivity contribution < 1.29 is 9.21 Å². The molecule has 0 radical (unpaired) electrons. The summed E-state index contributed by atoms with van der Waals surface area (Å²) in [6.07, 6.45) is 2.31. The van der Waals surface area contributed by atoms with Gasteiger partial charge in [0, 0.05) is 26.4 Å². The molecule has 2 heterocycles. The molecular formula is C18H22N4O2. The van der Waals surface area contributed by atoms with Gasteiger partial charge in [0.25, 0.3) is 5.91 Å². The molecule has 0 fully saturated rings. The number of amides is 1. The standard InChI is InChI=1S/C18H22N4O2/c1-4-16-19-12(2)17(24-16)18(23)22(3)11-7-10-15-20-13-8-5-6-9-14(13)21-15/h5-6,8-9H,4,7,10-11H2,1-3H3,(H,20,21). The van der Waals surface area contributed by atoms with E-state index in [4.69, 9.17) is 4.42 Å². The second-order valence-corrected chi connectivity index (χ2v) is 5.91. The molecule has 24 heavy (non-hydrogen) atoms. The van der Waals surface area contributed by atoms with Crippen LogP contribution < -0.4 is 0 Å². The van der Waals surface area contributed by atoms with E-state index in [1.165, 1.54) is 0 Å². The first kappa shape index (κ1) is 16.2. The molecule has 0 unspecified atom stereocenters. The predicted octanol–water partition coefficient (Wildman–Crippen LogP) is 3.13. The highest BCUT2D eigenvalue weighted by molar-refractivity contribution is 5.92. The Hall–Kier alpha value is -2.63. The molecule has 6 heteroatoms. The van der Waals surface area contributed by atoms with Gasteiger partial charge >= 0.3 is 0 Å². The number of carbonyl (C=O) groups is 1. The molecule has 0 spiro atoms. The molecule has 0 bridgehead atoms. The number of aromatic amines is 1. The van der Waals surface area contributed by atoms with Gasteiger partial charge in [-0.1, -0.05) is 19.1 Å². The molecular weight excluding hydrogens is 304 g/mol. The van der Waals surface area contributed by atoms with Gasteiger partial charge in [0.05, 0.1) is 16.7 Å². The highest BCUT2D eigenvalue weighted by Gasteiger charge is 2.20. The maximum Gasteiger partial charge on any atom is 0.291 e.